The van der Waals surface area contributed by atoms with E-state index in [0.717, 1.165) is 18.6 Å². The summed E-state index contributed by atoms with van der Waals surface area (Å²) in [5.74, 6) is 1.30. The van der Waals surface area contributed by atoms with Gasteiger partial charge in [-0.1, -0.05) is 0 Å². The fourth-order valence-electron chi connectivity index (χ4n) is 1.07. The molecule has 0 radical (unpaired) electrons. The zero-order chi connectivity index (χ0) is 9.31. The quantitative estimate of drug-likeness (QED) is 0.725. The first kappa shape index (κ1) is 8.91. The standard InChI is InChI=1S/C10H13NOS/c11-10(5-6-10)7-13-9-3-1-8(12)2-4-9/h1-4,12H,5-7,11H2. The molecular formula is C10H13NOS. The maximum absolute atomic E-state index is 9.06. The summed E-state index contributed by atoms with van der Waals surface area (Å²) in [6.45, 7) is 0. The third-order valence-corrected chi connectivity index (χ3v) is 3.58. The molecule has 1 saturated carbocycles. The Hall–Kier alpha value is -0.670. The summed E-state index contributed by atoms with van der Waals surface area (Å²) in [5.41, 5.74) is 6.05. The van der Waals surface area contributed by atoms with Crippen LogP contribution >= 0.6 is 11.8 Å². The van der Waals surface area contributed by atoms with Crippen LogP contribution in [-0.4, -0.2) is 16.4 Å². The van der Waals surface area contributed by atoms with Crippen LogP contribution < -0.4 is 5.73 Å². The van der Waals surface area contributed by atoms with E-state index in [4.69, 9.17) is 10.8 Å². The number of nitrogens with two attached hydrogens (primary N) is 1. The van der Waals surface area contributed by atoms with E-state index in [1.54, 1.807) is 23.9 Å². The number of hydrogen-bond acceptors (Lipinski definition) is 3. The van der Waals surface area contributed by atoms with Crippen LogP contribution in [0.25, 0.3) is 0 Å². The molecule has 2 nitrogen and oxygen atoms in total. The van der Waals surface area contributed by atoms with Crippen molar-refractivity contribution in [2.24, 2.45) is 5.73 Å². The number of aromatic hydroxyl groups is 1. The molecule has 0 atom stereocenters. The van der Waals surface area contributed by atoms with Crippen LogP contribution in [0.1, 0.15) is 12.8 Å². The highest BCUT2D eigenvalue weighted by molar-refractivity contribution is 7.99. The van der Waals surface area contributed by atoms with Crippen molar-refractivity contribution in [2.45, 2.75) is 23.3 Å². The molecule has 0 spiro atoms. The average molecular weight is 195 g/mol. The SMILES string of the molecule is NC1(CSc2ccc(O)cc2)CC1. The predicted octanol–water partition coefficient (Wildman–Crippen LogP) is 1.98. The lowest BCUT2D eigenvalue weighted by molar-refractivity contribution is 0.475. The predicted molar refractivity (Wildman–Crippen MR) is 55.0 cm³/mol. The molecule has 1 aromatic rings. The zero-order valence-electron chi connectivity index (χ0n) is 7.36. The summed E-state index contributed by atoms with van der Waals surface area (Å²) in [6.07, 6.45) is 2.30. The molecule has 2 rings (SSSR count). The molecule has 0 amide bonds. The maximum atomic E-state index is 9.06. The molecule has 1 aromatic carbocycles. The van der Waals surface area contributed by atoms with E-state index in [1.807, 2.05) is 12.1 Å². The Balaban J connectivity index is 1.91. The van der Waals surface area contributed by atoms with Crippen LogP contribution in [0.3, 0.4) is 0 Å². The number of rotatable bonds is 3. The van der Waals surface area contributed by atoms with Crippen molar-refractivity contribution >= 4 is 11.8 Å². The minimum Gasteiger partial charge on any atom is -0.508 e. The van der Waals surface area contributed by atoms with Crippen LogP contribution in [0.15, 0.2) is 29.2 Å². The Morgan fingerprint density at radius 1 is 1.31 bits per heavy atom. The number of hydrogen-bond donors (Lipinski definition) is 2. The lowest BCUT2D eigenvalue weighted by Gasteiger charge is -2.07. The third kappa shape index (κ3) is 2.39. The lowest BCUT2D eigenvalue weighted by atomic mass is 10.3. The summed E-state index contributed by atoms with van der Waals surface area (Å²) >= 11 is 1.76. The van der Waals surface area contributed by atoms with E-state index >= 15 is 0 Å². The molecule has 1 aliphatic carbocycles. The number of thioether (sulfide) groups is 1. The maximum Gasteiger partial charge on any atom is 0.115 e. The van der Waals surface area contributed by atoms with Gasteiger partial charge in [0.2, 0.25) is 0 Å². The second-order valence-corrected chi connectivity index (χ2v) is 4.69. The highest BCUT2D eigenvalue weighted by Crippen LogP contribution is 2.37. The molecule has 3 heteroatoms. The van der Waals surface area contributed by atoms with Gasteiger partial charge in [-0.3, -0.25) is 0 Å². The van der Waals surface area contributed by atoms with Gasteiger partial charge in [0, 0.05) is 16.2 Å². The van der Waals surface area contributed by atoms with Crippen molar-refractivity contribution in [2.75, 3.05) is 5.75 Å². The van der Waals surface area contributed by atoms with Crippen LogP contribution in [0, 0.1) is 0 Å². The van der Waals surface area contributed by atoms with E-state index in [9.17, 15) is 0 Å². The Morgan fingerprint density at radius 3 is 2.46 bits per heavy atom. The van der Waals surface area contributed by atoms with Crippen molar-refractivity contribution in [1.29, 1.82) is 0 Å². The van der Waals surface area contributed by atoms with Gasteiger partial charge in [-0.25, -0.2) is 0 Å². The van der Waals surface area contributed by atoms with Gasteiger partial charge >= 0.3 is 0 Å². The van der Waals surface area contributed by atoms with Gasteiger partial charge in [0.1, 0.15) is 5.75 Å². The van der Waals surface area contributed by atoms with E-state index in [2.05, 4.69) is 0 Å². The van der Waals surface area contributed by atoms with Gasteiger partial charge in [0.05, 0.1) is 0 Å². The van der Waals surface area contributed by atoms with E-state index in [1.165, 1.54) is 4.90 Å². The second-order valence-electron chi connectivity index (χ2n) is 3.64. The van der Waals surface area contributed by atoms with Crippen LogP contribution in [0.2, 0.25) is 0 Å². The van der Waals surface area contributed by atoms with E-state index in [0.29, 0.717) is 5.75 Å². The van der Waals surface area contributed by atoms with Gasteiger partial charge < -0.3 is 10.8 Å². The summed E-state index contributed by atoms with van der Waals surface area (Å²) in [4.78, 5) is 1.18. The normalized spacial score (nSPS) is 18.5. The highest BCUT2D eigenvalue weighted by Gasteiger charge is 2.37. The summed E-state index contributed by atoms with van der Waals surface area (Å²) in [6, 6.07) is 7.26. The van der Waals surface area contributed by atoms with Crippen molar-refractivity contribution in [3.05, 3.63) is 24.3 Å². The van der Waals surface area contributed by atoms with Crippen LogP contribution in [0.4, 0.5) is 0 Å². The Kier molecular flexibility index (Phi) is 2.22. The molecule has 13 heavy (non-hydrogen) atoms. The molecule has 0 saturated heterocycles. The van der Waals surface area contributed by atoms with Gasteiger partial charge in [0.25, 0.3) is 0 Å². The molecule has 0 unspecified atom stereocenters. The van der Waals surface area contributed by atoms with Crippen LogP contribution in [0.5, 0.6) is 5.75 Å². The number of phenols is 1. The molecule has 0 heterocycles. The first-order valence-corrected chi connectivity index (χ1v) is 5.37. The molecule has 1 aliphatic rings. The van der Waals surface area contributed by atoms with Crippen molar-refractivity contribution in [3.63, 3.8) is 0 Å². The average Bonchev–Trinajstić information content (AvgIpc) is 2.84. The zero-order valence-corrected chi connectivity index (χ0v) is 8.18. The molecule has 0 bridgehead atoms. The minimum atomic E-state index is 0.0998. The number of phenolic OH excluding ortho intramolecular Hbond substituents is 1. The molecule has 0 aromatic heterocycles. The topological polar surface area (TPSA) is 46.2 Å². The first-order valence-electron chi connectivity index (χ1n) is 4.39. The number of benzene rings is 1. The van der Waals surface area contributed by atoms with E-state index in [-0.39, 0.29) is 5.54 Å². The summed E-state index contributed by atoms with van der Waals surface area (Å²) in [7, 11) is 0. The Morgan fingerprint density at radius 2 is 1.92 bits per heavy atom. The second kappa shape index (κ2) is 3.24. The molecular weight excluding hydrogens is 182 g/mol. The van der Waals surface area contributed by atoms with Crippen LogP contribution in [-0.2, 0) is 0 Å². The summed E-state index contributed by atoms with van der Waals surface area (Å²) in [5, 5.41) is 9.06. The largest absolute Gasteiger partial charge is 0.508 e. The highest BCUT2D eigenvalue weighted by atomic mass is 32.2. The molecule has 1 fully saturated rings. The van der Waals surface area contributed by atoms with Crippen molar-refractivity contribution in [3.8, 4) is 5.75 Å². The molecule has 0 aliphatic heterocycles. The minimum absolute atomic E-state index is 0.0998. The summed E-state index contributed by atoms with van der Waals surface area (Å²) < 4.78 is 0. The van der Waals surface area contributed by atoms with Gasteiger partial charge in [-0.05, 0) is 37.1 Å². The van der Waals surface area contributed by atoms with Gasteiger partial charge in [-0.2, -0.15) is 0 Å². The van der Waals surface area contributed by atoms with Crippen molar-refractivity contribution in [1.82, 2.24) is 0 Å². The van der Waals surface area contributed by atoms with Gasteiger partial charge in [0.15, 0.2) is 0 Å². The first-order chi connectivity index (χ1) is 6.18. The molecule has 70 valence electrons. The Labute approximate surface area is 82.1 Å². The smallest absolute Gasteiger partial charge is 0.115 e. The van der Waals surface area contributed by atoms with E-state index < -0.39 is 0 Å². The van der Waals surface area contributed by atoms with Crippen molar-refractivity contribution < 1.29 is 5.11 Å². The monoisotopic (exact) mass is 195 g/mol. The molecule has 3 N–H and O–H groups in total. The Bertz CT molecular complexity index is 292. The van der Waals surface area contributed by atoms with Gasteiger partial charge in [-0.15, -0.1) is 11.8 Å². The fraction of sp³-hybridized carbons (Fsp3) is 0.400. The third-order valence-electron chi connectivity index (χ3n) is 2.26. The lowest BCUT2D eigenvalue weighted by Crippen LogP contribution is -2.24. The fourth-order valence-corrected chi connectivity index (χ4v) is 2.15.